The summed E-state index contributed by atoms with van der Waals surface area (Å²) < 4.78 is 5.64. The number of pyridine rings is 1. The molecule has 112 valence electrons. The summed E-state index contributed by atoms with van der Waals surface area (Å²) in [7, 11) is 0. The van der Waals surface area contributed by atoms with Crippen molar-refractivity contribution in [3.8, 4) is 11.8 Å². The summed E-state index contributed by atoms with van der Waals surface area (Å²) in [6, 6.07) is 3.57. The highest BCUT2D eigenvalue weighted by Gasteiger charge is 2.26. The van der Waals surface area contributed by atoms with Crippen molar-refractivity contribution in [1.82, 2.24) is 9.88 Å². The Labute approximate surface area is 125 Å². The van der Waals surface area contributed by atoms with Crippen LogP contribution in [0.3, 0.4) is 0 Å². The topological polar surface area (TPSA) is 68.5 Å². The zero-order valence-corrected chi connectivity index (χ0v) is 12.3. The fraction of sp³-hybridized carbons (Fsp3) is 0.500. The molecule has 1 aromatic rings. The summed E-state index contributed by atoms with van der Waals surface area (Å²) >= 11 is 0. The van der Waals surface area contributed by atoms with Crippen LogP contribution < -0.4 is 5.73 Å². The first-order valence-electron chi connectivity index (χ1n) is 7.31. The lowest BCUT2D eigenvalue weighted by Crippen LogP contribution is -2.43. The second kappa shape index (κ2) is 7.77. The van der Waals surface area contributed by atoms with Gasteiger partial charge in [-0.2, -0.15) is 0 Å². The Bertz CT molecular complexity index is 546. The van der Waals surface area contributed by atoms with Crippen LogP contribution in [-0.4, -0.2) is 48.1 Å². The third kappa shape index (κ3) is 4.03. The van der Waals surface area contributed by atoms with Crippen LogP contribution in [-0.2, 0) is 4.74 Å². The molecule has 5 heteroatoms. The van der Waals surface area contributed by atoms with Crippen molar-refractivity contribution in [2.24, 2.45) is 5.73 Å². The molecule has 0 aliphatic carbocycles. The molecule has 1 aliphatic rings. The number of carbonyl (C=O) groups is 1. The molecule has 1 fully saturated rings. The second-order valence-electron chi connectivity index (χ2n) is 4.88. The van der Waals surface area contributed by atoms with Crippen LogP contribution in [0, 0.1) is 11.8 Å². The van der Waals surface area contributed by atoms with E-state index in [9.17, 15) is 4.79 Å². The number of nitrogens with two attached hydrogens (primary N) is 1. The molecule has 1 saturated heterocycles. The van der Waals surface area contributed by atoms with Gasteiger partial charge in [0.25, 0.3) is 5.91 Å². The Morgan fingerprint density at radius 3 is 3.24 bits per heavy atom. The van der Waals surface area contributed by atoms with Gasteiger partial charge in [-0.15, -0.1) is 0 Å². The Kier molecular flexibility index (Phi) is 5.73. The molecular weight excluding hydrogens is 266 g/mol. The third-order valence-electron chi connectivity index (χ3n) is 3.40. The van der Waals surface area contributed by atoms with E-state index >= 15 is 0 Å². The minimum Gasteiger partial charge on any atom is -0.377 e. The van der Waals surface area contributed by atoms with Crippen LogP contribution in [0.2, 0.25) is 0 Å². The average molecular weight is 287 g/mol. The van der Waals surface area contributed by atoms with Crippen LogP contribution in [0.4, 0.5) is 0 Å². The first-order valence-corrected chi connectivity index (χ1v) is 7.31. The molecule has 1 unspecified atom stereocenters. The largest absolute Gasteiger partial charge is 0.377 e. The number of nitrogens with zero attached hydrogens (tertiary/aromatic N) is 2. The number of likely N-dealkylation sites (tertiary alicyclic amines) is 1. The van der Waals surface area contributed by atoms with Crippen molar-refractivity contribution in [2.45, 2.75) is 25.9 Å². The van der Waals surface area contributed by atoms with Gasteiger partial charge in [-0.25, -0.2) is 4.98 Å². The summed E-state index contributed by atoms with van der Waals surface area (Å²) in [5.41, 5.74) is 6.42. The number of aromatic nitrogens is 1. The molecule has 0 spiro atoms. The summed E-state index contributed by atoms with van der Waals surface area (Å²) in [4.78, 5) is 18.7. The summed E-state index contributed by atoms with van der Waals surface area (Å²) in [6.07, 6.45) is 3.69. The van der Waals surface area contributed by atoms with Gasteiger partial charge in [-0.3, -0.25) is 4.79 Å². The Morgan fingerprint density at radius 1 is 1.62 bits per heavy atom. The zero-order chi connectivity index (χ0) is 15.1. The molecule has 2 N–H and O–H groups in total. The lowest BCUT2D eigenvalue weighted by Gasteiger charge is -2.32. The number of amides is 1. The quantitative estimate of drug-likeness (QED) is 0.843. The second-order valence-corrected chi connectivity index (χ2v) is 4.88. The third-order valence-corrected chi connectivity index (χ3v) is 3.40. The van der Waals surface area contributed by atoms with Gasteiger partial charge < -0.3 is 15.4 Å². The summed E-state index contributed by atoms with van der Waals surface area (Å²) in [5, 5.41) is 0. The summed E-state index contributed by atoms with van der Waals surface area (Å²) in [5.74, 6) is 5.61. The van der Waals surface area contributed by atoms with E-state index in [0.717, 1.165) is 19.4 Å². The van der Waals surface area contributed by atoms with E-state index in [0.29, 0.717) is 24.4 Å². The normalized spacial score (nSPS) is 18.0. The van der Waals surface area contributed by atoms with Gasteiger partial charge in [0.1, 0.15) is 5.69 Å². The molecule has 5 nitrogen and oxygen atoms in total. The maximum absolute atomic E-state index is 12.6. The van der Waals surface area contributed by atoms with E-state index in [4.69, 9.17) is 10.5 Å². The lowest BCUT2D eigenvalue weighted by atomic mass is 10.1. The maximum atomic E-state index is 12.6. The van der Waals surface area contributed by atoms with E-state index in [1.165, 1.54) is 0 Å². The molecule has 1 aromatic heterocycles. The molecule has 21 heavy (non-hydrogen) atoms. The van der Waals surface area contributed by atoms with Gasteiger partial charge in [0.05, 0.1) is 18.2 Å². The van der Waals surface area contributed by atoms with E-state index < -0.39 is 0 Å². The average Bonchev–Trinajstić information content (AvgIpc) is 2.53. The van der Waals surface area contributed by atoms with Crippen molar-refractivity contribution in [2.75, 3.05) is 26.2 Å². The SMILES string of the molecule is CCOC1CCCN(C(=O)c2ncccc2C#CCN)C1. The van der Waals surface area contributed by atoms with E-state index in [2.05, 4.69) is 16.8 Å². The van der Waals surface area contributed by atoms with Gasteiger partial charge in [-0.05, 0) is 31.9 Å². The van der Waals surface area contributed by atoms with Gasteiger partial charge in [0.15, 0.2) is 0 Å². The van der Waals surface area contributed by atoms with E-state index in [-0.39, 0.29) is 18.6 Å². The minimum absolute atomic E-state index is 0.0821. The zero-order valence-electron chi connectivity index (χ0n) is 12.3. The van der Waals surface area contributed by atoms with Crippen molar-refractivity contribution in [3.63, 3.8) is 0 Å². The molecule has 2 heterocycles. The highest BCUT2D eigenvalue weighted by Crippen LogP contribution is 2.16. The standard InChI is InChI=1S/C16H21N3O2/c1-2-21-14-8-5-11-19(12-14)16(20)15-13(6-3-9-17)7-4-10-18-15/h4,7,10,14H,2,5,8-9,11-12,17H2,1H3. The Morgan fingerprint density at radius 2 is 2.48 bits per heavy atom. The van der Waals surface area contributed by atoms with Crippen LogP contribution in [0.15, 0.2) is 18.3 Å². The van der Waals surface area contributed by atoms with Crippen LogP contribution >= 0.6 is 0 Å². The highest BCUT2D eigenvalue weighted by atomic mass is 16.5. The Hall–Kier alpha value is -1.90. The van der Waals surface area contributed by atoms with Crippen molar-refractivity contribution in [1.29, 1.82) is 0 Å². The van der Waals surface area contributed by atoms with E-state index in [1.54, 1.807) is 23.2 Å². The maximum Gasteiger partial charge on any atom is 0.273 e. The molecule has 0 saturated carbocycles. The number of hydrogen-bond donors (Lipinski definition) is 1. The molecule has 1 atom stereocenters. The number of ether oxygens (including phenoxy) is 1. The summed E-state index contributed by atoms with van der Waals surface area (Å²) in [6.45, 7) is 4.26. The lowest BCUT2D eigenvalue weighted by molar-refractivity contribution is 0.00702. The van der Waals surface area contributed by atoms with Crippen molar-refractivity contribution >= 4 is 5.91 Å². The molecule has 1 aliphatic heterocycles. The number of piperidine rings is 1. The monoisotopic (exact) mass is 287 g/mol. The molecule has 2 rings (SSSR count). The van der Waals surface area contributed by atoms with Crippen LogP contribution in [0.5, 0.6) is 0 Å². The van der Waals surface area contributed by atoms with Crippen LogP contribution in [0.1, 0.15) is 35.8 Å². The smallest absolute Gasteiger partial charge is 0.273 e. The molecule has 0 bridgehead atoms. The number of hydrogen-bond acceptors (Lipinski definition) is 4. The van der Waals surface area contributed by atoms with Gasteiger partial charge in [-0.1, -0.05) is 11.8 Å². The first kappa shape index (κ1) is 15.5. The van der Waals surface area contributed by atoms with Gasteiger partial charge >= 0.3 is 0 Å². The fourth-order valence-electron chi connectivity index (χ4n) is 2.47. The Balaban J connectivity index is 2.16. The number of rotatable bonds is 3. The molecule has 0 radical (unpaired) electrons. The van der Waals surface area contributed by atoms with Gasteiger partial charge in [0.2, 0.25) is 0 Å². The predicted molar refractivity (Wildman–Crippen MR) is 80.7 cm³/mol. The van der Waals surface area contributed by atoms with E-state index in [1.807, 2.05) is 6.92 Å². The molecular formula is C16H21N3O2. The van der Waals surface area contributed by atoms with Crippen LogP contribution in [0.25, 0.3) is 0 Å². The first-order chi connectivity index (χ1) is 10.3. The van der Waals surface area contributed by atoms with Gasteiger partial charge in [0, 0.05) is 25.9 Å². The fourth-order valence-corrected chi connectivity index (χ4v) is 2.47. The highest BCUT2D eigenvalue weighted by molar-refractivity contribution is 5.94. The molecule has 0 aromatic carbocycles. The predicted octanol–water partition coefficient (Wildman–Crippen LogP) is 1.03. The minimum atomic E-state index is -0.0821. The molecule has 1 amide bonds. The van der Waals surface area contributed by atoms with Crippen molar-refractivity contribution in [3.05, 3.63) is 29.6 Å². The number of carbonyl (C=O) groups excluding carboxylic acids is 1. The van der Waals surface area contributed by atoms with Crippen molar-refractivity contribution < 1.29 is 9.53 Å².